The number of carbonyl (C=O) groups excluding carboxylic acids is 1. The molecule has 0 aliphatic heterocycles. The Balaban J connectivity index is 1.66. The van der Waals surface area contributed by atoms with Crippen LogP contribution in [-0.2, 0) is 11.3 Å². The molecule has 4 rings (SSSR count). The highest BCUT2D eigenvalue weighted by molar-refractivity contribution is 6.02. The third-order valence-electron chi connectivity index (χ3n) is 5.42. The molecule has 2 heterocycles. The van der Waals surface area contributed by atoms with E-state index >= 15 is 0 Å². The van der Waals surface area contributed by atoms with Crippen LogP contribution in [0.25, 0.3) is 23.0 Å². The average molecular weight is 483 g/mol. The second-order valence-electron chi connectivity index (χ2n) is 7.91. The summed E-state index contributed by atoms with van der Waals surface area (Å²) in [6.45, 7) is 2.23. The number of aromatic nitrogens is 4. The van der Waals surface area contributed by atoms with Gasteiger partial charge in [0.05, 0.1) is 44.6 Å². The first-order valence-electron chi connectivity index (χ1n) is 11.3. The number of ether oxygens (including phenoxy) is 2. The number of amides is 1. The number of hydrogen-bond donors (Lipinski definition) is 1. The lowest BCUT2D eigenvalue weighted by Gasteiger charge is -2.09. The highest BCUT2D eigenvalue weighted by Crippen LogP contribution is 2.33. The molecule has 36 heavy (non-hydrogen) atoms. The molecule has 0 saturated carbocycles. The zero-order valence-corrected chi connectivity index (χ0v) is 20.3. The maximum Gasteiger partial charge on any atom is 0.249 e. The number of anilines is 1. The molecule has 2 aromatic heterocycles. The minimum absolute atomic E-state index is 0.299. The Kier molecular flexibility index (Phi) is 7.46. The van der Waals surface area contributed by atoms with Gasteiger partial charge in [-0.05, 0) is 43.3 Å². The minimum Gasteiger partial charge on any atom is -0.493 e. The summed E-state index contributed by atoms with van der Waals surface area (Å²) < 4.78 is 14.2. The van der Waals surface area contributed by atoms with E-state index in [-0.39, 0.29) is 5.91 Å². The van der Waals surface area contributed by atoms with Crippen LogP contribution < -0.4 is 14.8 Å². The normalized spacial score (nSPS) is 10.8. The molecule has 182 valence electrons. The van der Waals surface area contributed by atoms with Crippen molar-refractivity contribution in [2.24, 2.45) is 0 Å². The number of rotatable bonds is 9. The van der Waals surface area contributed by atoms with E-state index in [0.717, 1.165) is 22.5 Å². The van der Waals surface area contributed by atoms with E-state index in [1.807, 2.05) is 61.7 Å². The van der Waals surface area contributed by atoms with Gasteiger partial charge in [0.1, 0.15) is 11.5 Å². The summed E-state index contributed by atoms with van der Waals surface area (Å²) >= 11 is 0. The molecule has 0 atom stereocenters. The van der Waals surface area contributed by atoms with Crippen LogP contribution in [0.4, 0.5) is 5.82 Å². The van der Waals surface area contributed by atoms with Crippen molar-refractivity contribution in [3.8, 4) is 34.5 Å². The largest absolute Gasteiger partial charge is 0.493 e. The van der Waals surface area contributed by atoms with Crippen LogP contribution in [0, 0.1) is 18.3 Å². The van der Waals surface area contributed by atoms with Gasteiger partial charge >= 0.3 is 0 Å². The van der Waals surface area contributed by atoms with Crippen molar-refractivity contribution in [2.45, 2.75) is 19.9 Å². The van der Waals surface area contributed by atoms with Gasteiger partial charge in [0.2, 0.25) is 5.91 Å². The van der Waals surface area contributed by atoms with Gasteiger partial charge in [-0.2, -0.15) is 15.5 Å². The predicted octanol–water partition coefficient (Wildman–Crippen LogP) is 4.63. The molecule has 0 fully saturated rings. The fourth-order valence-corrected chi connectivity index (χ4v) is 3.74. The SMILES string of the molecule is COc1ccc(-c2nn(-c3ccccc3)cc2/C=C/C(=O)Nc2cc(C)nn2CCC#N)cc1OC. The molecule has 0 saturated heterocycles. The Hall–Kier alpha value is -4.84. The number of nitrogens with zero attached hydrogens (tertiary/aromatic N) is 5. The minimum atomic E-state index is -0.321. The molecule has 1 amide bonds. The molecule has 0 aliphatic rings. The Bertz CT molecular complexity index is 1430. The number of para-hydroxylation sites is 1. The zero-order chi connectivity index (χ0) is 25.5. The van der Waals surface area contributed by atoms with Crippen molar-refractivity contribution < 1.29 is 14.3 Å². The van der Waals surface area contributed by atoms with Crippen molar-refractivity contribution in [1.82, 2.24) is 19.6 Å². The standard InChI is InChI=1S/C27H26N6O3/c1-19-16-25(32(30-19)15-7-14-28)29-26(34)13-11-21-18-33(22-8-5-4-6-9-22)31-27(21)20-10-12-23(35-2)24(17-20)36-3/h4-6,8-13,16-18H,7,15H2,1-3H3,(H,29,34)/b13-11+. The molecule has 9 nitrogen and oxygen atoms in total. The first-order valence-corrected chi connectivity index (χ1v) is 11.3. The summed E-state index contributed by atoms with van der Waals surface area (Å²) in [6, 6.07) is 19.2. The van der Waals surface area contributed by atoms with Gasteiger partial charge in [-0.1, -0.05) is 18.2 Å². The number of methoxy groups -OCH3 is 2. The van der Waals surface area contributed by atoms with E-state index in [0.29, 0.717) is 36.0 Å². The van der Waals surface area contributed by atoms with Gasteiger partial charge in [-0.25, -0.2) is 9.36 Å². The van der Waals surface area contributed by atoms with Gasteiger partial charge < -0.3 is 14.8 Å². The van der Waals surface area contributed by atoms with E-state index in [2.05, 4.69) is 16.5 Å². The van der Waals surface area contributed by atoms with Crippen LogP contribution in [0.2, 0.25) is 0 Å². The number of nitrogens with one attached hydrogen (secondary N) is 1. The van der Waals surface area contributed by atoms with Crippen LogP contribution in [0.5, 0.6) is 11.5 Å². The lowest BCUT2D eigenvalue weighted by atomic mass is 10.1. The lowest BCUT2D eigenvalue weighted by Crippen LogP contribution is -2.13. The molecule has 0 radical (unpaired) electrons. The number of carbonyl (C=O) groups is 1. The molecular weight excluding hydrogens is 456 g/mol. The summed E-state index contributed by atoms with van der Waals surface area (Å²) in [4.78, 5) is 12.8. The van der Waals surface area contributed by atoms with Gasteiger partial charge in [0.15, 0.2) is 11.5 Å². The third-order valence-corrected chi connectivity index (χ3v) is 5.42. The maximum absolute atomic E-state index is 12.8. The number of aryl methyl sites for hydroxylation is 2. The summed E-state index contributed by atoms with van der Waals surface area (Å²) in [7, 11) is 3.17. The zero-order valence-electron chi connectivity index (χ0n) is 20.3. The monoisotopic (exact) mass is 482 g/mol. The van der Waals surface area contributed by atoms with Gasteiger partial charge in [-0.3, -0.25) is 4.79 Å². The summed E-state index contributed by atoms with van der Waals surface area (Å²) in [5.41, 5.74) is 3.88. The van der Waals surface area contributed by atoms with Gasteiger partial charge in [-0.15, -0.1) is 0 Å². The topological polar surface area (TPSA) is 107 Å². The molecule has 0 spiro atoms. The van der Waals surface area contributed by atoms with Crippen LogP contribution in [-0.4, -0.2) is 39.7 Å². The van der Waals surface area contributed by atoms with Crippen molar-refractivity contribution in [1.29, 1.82) is 5.26 Å². The van der Waals surface area contributed by atoms with E-state index < -0.39 is 0 Å². The van der Waals surface area contributed by atoms with Crippen molar-refractivity contribution in [3.05, 3.63) is 78.1 Å². The summed E-state index contributed by atoms with van der Waals surface area (Å²) in [6.07, 6.45) is 5.34. The first-order chi connectivity index (χ1) is 17.5. The number of hydrogen-bond acceptors (Lipinski definition) is 6. The predicted molar refractivity (Wildman–Crippen MR) is 137 cm³/mol. The lowest BCUT2D eigenvalue weighted by molar-refractivity contribution is -0.111. The molecule has 1 N–H and O–H groups in total. The number of nitriles is 1. The second kappa shape index (κ2) is 11.1. The van der Waals surface area contributed by atoms with Crippen LogP contribution in [0.1, 0.15) is 17.7 Å². The van der Waals surface area contributed by atoms with Crippen LogP contribution in [0.15, 0.2) is 66.9 Å². The van der Waals surface area contributed by atoms with Crippen molar-refractivity contribution in [2.75, 3.05) is 19.5 Å². The molecule has 9 heteroatoms. The molecule has 0 bridgehead atoms. The van der Waals surface area contributed by atoms with Crippen molar-refractivity contribution >= 4 is 17.8 Å². The fraction of sp³-hybridized carbons (Fsp3) is 0.185. The van der Waals surface area contributed by atoms with E-state index in [4.69, 9.17) is 19.8 Å². The molecular formula is C27H26N6O3. The average Bonchev–Trinajstić information content (AvgIpc) is 3.49. The highest BCUT2D eigenvalue weighted by Gasteiger charge is 2.14. The Labute approximate surface area is 209 Å². The van der Waals surface area contributed by atoms with E-state index in [9.17, 15) is 4.79 Å². The molecule has 4 aromatic rings. The Morgan fingerprint density at radius 3 is 2.58 bits per heavy atom. The van der Waals surface area contributed by atoms with E-state index in [1.165, 1.54) is 6.08 Å². The maximum atomic E-state index is 12.8. The van der Waals surface area contributed by atoms with Crippen LogP contribution in [0.3, 0.4) is 0 Å². The highest BCUT2D eigenvalue weighted by atomic mass is 16.5. The smallest absolute Gasteiger partial charge is 0.249 e. The summed E-state index contributed by atoms with van der Waals surface area (Å²) in [5, 5.41) is 20.8. The quantitative estimate of drug-likeness (QED) is 0.349. The second-order valence-corrected chi connectivity index (χ2v) is 7.91. The molecule has 2 aromatic carbocycles. The summed E-state index contributed by atoms with van der Waals surface area (Å²) in [5.74, 6) is 1.41. The number of benzene rings is 2. The van der Waals surface area contributed by atoms with Gasteiger partial charge in [0.25, 0.3) is 0 Å². The molecule has 0 unspecified atom stereocenters. The third kappa shape index (κ3) is 5.45. The molecule has 0 aliphatic carbocycles. The van der Waals surface area contributed by atoms with Crippen molar-refractivity contribution in [3.63, 3.8) is 0 Å². The van der Waals surface area contributed by atoms with Crippen LogP contribution >= 0.6 is 0 Å². The van der Waals surface area contributed by atoms with Gasteiger partial charge in [0, 0.05) is 29.5 Å². The fourth-order valence-electron chi connectivity index (χ4n) is 3.74. The Morgan fingerprint density at radius 1 is 1.08 bits per heavy atom. The Morgan fingerprint density at radius 2 is 1.86 bits per heavy atom. The van der Waals surface area contributed by atoms with E-state index in [1.54, 1.807) is 35.7 Å². The first kappa shape index (κ1) is 24.3.